The van der Waals surface area contributed by atoms with Gasteiger partial charge in [-0.25, -0.2) is 0 Å². The summed E-state index contributed by atoms with van der Waals surface area (Å²) in [6.45, 7) is 0. The summed E-state index contributed by atoms with van der Waals surface area (Å²) in [5.74, 6) is 0. The maximum Gasteiger partial charge on any atom is 1.00 e. The van der Waals surface area contributed by atoms with E-state index in [9.17, 15) is 0 Å². The topological polar surface area (TPSA) is 73.8 Å². The molecule has 0 heterocycles. The van der Waals surface area contributed by atoms with Crippen LogP contribution in [-0.2, 0) is 105 Å². The van der Waals surface area contributed by atoms with Gasteiger partial charge in [0.15, 0.2) is 0 Å². The average Bonchev–Trinajstić information content (AvgIpc) is 0.677. The fraction of sp³-hybridized carbons (Fsp3) is 0.571. The zero-order valence-corrected chi connectivity index (χ0v) is 56.7. The van der Waals surface area contributed by atoms with E-state index in [1.165, 1.54) is 0 Å². The number of halogens is 48. The van der Waals surface area contributed by atoms with E-state index in [0.717, 1.165) is 0 Å². The molecule has 0 bridgehead atoms. The third kappa shape index (κ3) is 14.7. The van der Waals surface area contributed by atoms with Gasteiger partial charge in [0, 0.05) is 56.9 Å². The van der Waals surface area contributed by atoms with Crippen LogP contribution in [0.15, 0.2) is 72.8 Å². The number of methoxy groups -OCH3 is 8. The minimum absolute atomic E-state index is 0. The van der Waals surface area contributed by atoms with Crippen LogP contribution in [0.25, 0.3) is 0 Å². The van der Waals surface area contributed by atoms with Crippen LogP contribution in [0, 0.1) is 0 Å². The summed E-state index contributed by atoms with van der Waals surface area (Å²) in [5.41, 5.74) is -112. The summed E-state index contributed by atoms with van der Waals surface area (Å²) in [6, 6.07) is -26.4. The first-order valence-electron chi connectivity index (χ1n) is 28.1. The van der Waals surface area contributed by atoms with Crippen molar-refractivity contribution in [3.8, 4) is 0 Å². The molecule has 4 aromatic rings. The van der Waals surface area contributed by atoms with Crippen molar-refractivity contribution < 1.29 is 271 Å². The molecule has 0 spiro atoms. The van der Waals surface area contributed by atoms with E-state index in [4.69, 9.17) is 0 Å². The van der Waals surface area contributed by atoms with Crippen molar-refractivity contribution in [3.05, 3.63) is 117 Å². The summed E-state index contributed by atoms with van der Waals surface area (Å²) in [6.07, 6.45) is -141. The molecule has 0 saturated carbocycles. The van der Waals surface area contributed by atoms with Gasteiger partial charge in [-0.2, -0.15) is 233 Å². The standard InChI is InChI=1S/C56H36BF48O8.Ag/c1-106-33(41(58,59)60,42(61,62)63)21-9-22(34(107-2,43(64,65)66)44(67,68)69)14-29(13-21)57(30-15-23(35(108-3,45(70,71)72)46(73,74)75)10-24(16-30)36(109-4,47(76,77)78)48(79,80)81,31-17-25(37(110-5,49(82,83)84)50(85,86)87)11-26(18-31)38(111-6,51(88,89)90)52(91,92)93)32-19-27(39(112-7,53(94,95)96)54(97,98)99)12-28(20-32)40(113-8,55(100,101)102)56(103,104)105;/h9-20H,1-8H3;/q-1;+1. The number of ether oxygens (including phenoxy) is 8. The molecule has 0 aliphatic heterocycles. The number of rotatable bonds is 20. The van der Waals surface area contributed by atoms with E-state index in [2.05, 4.69) is 37.9 Å². The molecule has 0 aliphatic carbocycles. The van der Waals surface area contributed by atoms with Gasteiger partial charge in [0.25, 0.3) is 44.8 Å². The van der Waals surface area contributed by atoms with Crippen molar-refractivity contribution in [2.24, 2.45) is 0 Å². The first-order chi connectivity index (χ1) is 49.7. The average molecular weight is 1870 g/mol. The largest absolute Gasteiger partial charge is 1.00 e. The maximum absolute atomic E-state index is 15.9. The second kappa shape index (κ2) is 30.1. The molecule has 0 unspecified atom stereocenters. The van der Waals surface area contributed by atoms with Crippen molar-refractivity contribution in [1.29, 1.82) is 0 Å². The minimum Gasteiger partial charge on any atom is -0.357 e. The Morgan fingerprint density at radius 3 is 0.272 bits per heavy atom. The Hall–Kier alpha value is -5.99. The van der Waals surface area contributed by atoms with Crippen molar-refractivity contribution in [2.75, 3.05) is 56.9 Å². The van der Waals surface area contributed by atoms with Crippen LogP contribution in [0.4, 0.5) is 211 Å². The monoisotopic (exact) mass is 1870 g/mol. The molecule has 4 rings (SSSR count). The number of alkyl halides is 48. The van der Waals surface area contributed by atoms with Crippen LogP contribution in [0.2, 0.25) is 0 Å². The van der Waals surface area contributed by atoms with E-state index in [1.54, 1.807) is 0 Å². The summed E-state index contributed by atoms with van der Waals surface area (Å²) >= 11 is 0. The smallest absolute Gasteiger partial charge is 0.357 e. The van der Waals surface area contributed by atoms with E-state index in [0.29, 0.717) is 0 Å². The molecule has 0 N–H and O–H groups in total. The second-order valence-corrected chi connectivity index (χ2v) is 23.3. The fourth-order valence-electron chi connectivity index (χ4n) is 13.1. The van der Waals surface area contributed by atoms with Gasteiger partial charge in [-0.1, -0.05) is 48.5 Å². The van der Waals surface area contributed by atoms with Crippen molar-refractivity contribution in [2.45, 2.75) is 144 Å². The van der Waals surface area contributed by atoms with Gasteiger partial charge in [0.2, 0.25) is 0 Å². The fourth-order valence-corrected chi connectivity index (χ4v) is 13.1. The number of hydrogen-bond donors (Lipinski definition) is 0. The van der Waals surface area contributed by atoms with Gasteiger partial charge in [0.05, 0.1) is 0 Å². The molecule has 0 fully saturated rings. The molecule has 658 valence electrons. The van der Waals surface area contributed by atoms with E-state index >= 15 is 211 Å². The van der Waals surface area contributed by atoms with Crippen LogP contribution in [0.5, 0.6) is 0 Å². The molecule has 0 saturated heterocycles. The van der Waals surface area contributed by atoms with E-state index < -0.39 is 346 Å². The van der Waals surface area contributed by atoms with Gasteiger partial charge in [-0.05, 0) is 68.8 Å². The quantitative estimate of drug-likeness (QED) is 0.0640. The van der Waals surface area contributed by atoms with Crippen molar-refractivity contribution in [3.63, 3.8) is 0 Å². The van der Waals surface area contributed by atoms with Crippen LogP contribution < -0.4 is 21.9 Å². The van der Waals surface area contributed by atoms with Crippen LogP contribution >= 0.6 is 0 Å². The predicted octanol–water partition coefficient (Wildman–Crippen LogP) is 18.8. The Kier molecular flexibility index (Phi) is 26.9. The Morgan fingerprint density at radius 2 is 0.219 bits per heavy atom. The molecule has 0 atom stereocenters. The minimum atomic E-state index is -8.82. The zero-order valence-electron chi connectivity index (χ0n) is 55.2. The molecule has 0 amide bonds. The van der Waals surface area contributed by atoms with Gasteiger partial charge in [-0.3, -0.25) is 0 Å². The molecule has 0 aliphatic rings. The number of benzene rings is 4. The summed E-state index contributed by atoms with van der Waals surface area (Å²) in [7, 11) is -9.70. The molecule has 0 radical (unpaired) electrons. The normalized spacial score (nSPS) is 15.6. The molecule has 58 heteroatoms. The summed E-state index contributed by atoms with van der Waals surface area (Å²) < 4.78 is 792. The van der Waals surface area contributed by atoms with Gasteiger partial charge < -0.3 is 37.9 Å². The Balaban J connectivity index is 0.0000336. The van der Waals surface area contributed by atoms with E-state index in [-0.39, 0.29) is 22.4 Å². The number of hydrogen-bond acceptors (Lipinski definition) is 8. The maximum atomic E-state index is 15.9. The van der Waals surface area contributed by atoms with E-state index in [1.807, 2.05) is 0 Å². The Morgan fingerprint density at radius 1 is 0.149 bits per heavy atom. The van der Waals surface area contributed by atoms with Gasteiger partial charge in [0.1, 0.15) is 6.15 Å². The first kappa shape index (κ1) is 102. The molecule has 4 aromatic carbocycles. The molecular weight excluding hydrogens is 1830 g/mol. The second-order valence-electron chi connectivity index (χ2n) is 23.3. The Bertz CT molecular complexity index is 3170. The molecule has 8 nitrogen and oxygen atoms in total. The molecule has 0 aromatic heterocycles. The molecule has 114 heavy (non-hydrogen) atoms. The van der Waals surface area contributed by atoms with Crippen molar-refractivity contribution in [1.82, 2.24) is 0 Å². The molecular formula is C56H36AgBF48O8. The van der Waals surface area contributed by atoms with Crippen LogP contribution in [-0.4, -0.2) is 162 Å². The Labute approximate surface area is 615 Å². The summed E-state index contributed by atoms with van der Waals surface area (Å²) in [5, 5.41) is 0. The predicted molar refractivity (Wildman–Crippen MR) is 276 cm³/mol. The van der Waals surface area contributed by atoms with Gasteiger partial charge in [-0.15, -0.1) is 0 Å². The third-order valence-electron chi connectivity index (χ3n) is 17.9. The van der Waals surface area contributed by atoms with Gasteiger partial charge >= 0.3 is 121 Å². The van der Waals surface area contributed by atoms with Crippen LogP contribution in [0.1, 0.15) is 44.5 Å². The zero-order chi connectivity index (χ0) is 89.6. The van der Waals surface area contributed by atoms with Crippen molar-refractivity contribution >= 4 is 28.0 Å². The SMILES string of the molecule is COC(c1cc([B-](c2cc(C(OC)(C(F)(F)F)C(F)(F)F)cc(C(OC)(C(F)(F)F)C(F)(F)F)c2)(c2cc(C(OC)(C(F)(F)F)C(F)(F)F)cc(C(OC)(C(F)(F)F)C(F)(F)F)c2)c2cc(C(OC)(C(F)(F)F)C(F)(F)F)cc(C(OC)(C(F)(F)F)C(F)(F)F)c2)cc(C(OC)(C(F)(F)F)C(F)(F)F)c1)(C(F)(F)F)C(F)(F)F.[Ag+]. The summed E-state index contributed by atoms with van der Waals surface area (Å²) in [4.78, 5) is 0. The first-order valence-corrected chi connectivity index (χ1v) is 28.1. The third-order valence-corrected chi connectivity index (χ3v) is 17.9. The van der Waals surface area contributed by atoms with Crippen LogP contribution in [0.3, 0.4) is 0 Å².